The maximum Gasteiger partial charge on any atom is 0.0587 e. The molecule has 0 aliphatic rings. The third-order valence-electron chi connectivity index (χ3n) is 1.51. The molecule has 0 bridgehead atoms. The van der Waals surface area contributed by atoms with Crippen molar-refractivity contribution < 1.29 is 4.74 Å². The molecule has 0 saturated heterocycles. The molecule has 0 aliphatic carbocycles. The maximum atomic E-state index is 4.90. The second kappa shape index (κ2) is 5.35. The van der Waals surface area contributed by atoms with E-state index in [1.807, 2.05) is 6.20 Å². The molecule has 0 unspecified atom stereocenters. The zero-order valence-corrected chi connectivity index (χ0v) is 8.65. The number of halogens is 1. The largest absolute Gasteiger partial charge is 0.383 e. The van der Waals surface area contributed by atoms with Crippen molar-refractivity contribution in [2.24, 2.45) is 0 Å². The Labute approximate surface area is 80.6 Å². The van der Waals surface area contributed by atoms with Crippen LogP contribution in [0.4, 0.5) is 0 Å². The van der Waals surface area contributed by atoms with E-state index in [1.165, 1.54) is 5.69 Å². The summed E-state index contributed by atoms with van der Waals surface area (Å²) in [6, 6.07) is 2.06. The van der Waals surface area contributed by atoms with Crippen LogP contribution in [0.1, 0.15) is 5.69 Å². The first kappa shape index (κ1) is 9.77. The number of rotatable bonds is 5. The molecule has 0 atom stereocenters. The molecule has 0 amide bonds. The Morgan fingerprint density at radius 2 is 2.50 bits per heavy atom. The Morgan fingerprint density at radius 3 is 3.08 bits per heavy atom. The Kier molecular flexibility index (Phi) is 4.35. The van der Waals surface area contributed by atoms with Crippen molar-refractivity contribution in [2.45, 2.75) is 6.54 Å². The van der Waals surface area contributed by atoms with Gasteiger partial charge in [-0.05, 0) is 22.0 Å². The summed E-state index contributed by atoms with van der Waals surface area (Å²) in [6.07, 6.45) is 1.92. The van der Waals surface area contributed by atoms with Crippen LogP contribution in [-0.2, 0) is 11.3 Å². The minimum absolute atomic E-state index is 0.752. The van der Waals surface area contributed by atoms with E-state index in [1.54, 1.807) is 7.11 Å². The van der Waals surface area contributed by atoms with Gasteiger partial charge in [-0.3, -0.25) is 0 Å². The summed E-state index contributed by atoms with van der Waals surface area (Å²) in [4.78, 5) is 3.13. The van der Waals surface area contributed by atoms with Gasteiger partial charge in [0.2, 0.25) is 0 Å². The standard InChI is InChI=1S/C8H13BrN2O/c1-12-3-2-10-6-8-4-7(9)5-11-8/h4-5,10-11H,2-3,6H2,1H3. The molecule has 0 fully saturated rings. The SMILES string of the molecule is COCCNCc1cc(Br)c[nH]1. The van der Waals surface area contributed by atoms with Gasteiger partial charge in [-0.15, -0.1) is 0 Å². The van der Waals surface area contributed by atoms with Crippen molar-refractivity contribution >= 4 is 15.9 Å². The summed E-state index contributed by atoms with van der Waals surface area (Å²) in [5.41, 5.74) is 1.18. The van der Waals surface area contributed by atoms with E-state index >= 15 is 0 Å². The molecule has 1 aromatic rings. The van der Waals surface area contributed by atoms with Crippen molar-refractivity contribution in [3.05, 3.63) is 22.4 Å². The van der Waals surface area contributed by atoms with Gasteiger partial charge in [0, 0.05) is 36.6 Å². The van der Waals surface area contributed by atoms with Crippen molar-refractivity contribution in [3.8, 4) is 0 Å². The number of hydrogen-bond acceptors (Lipinski definition) is 2. The summed E-state index contributed by atoms with van der Waals surface area (Å²) >= 11 is 3.37. The molecular weight excluding hydrogens is 220 g/mol. The van der Waals surface area contributed by atoms with Gasteiger partial charge in [-0.1, -0.05) is 0 Å². The quantitative estimate of drug-likeness (QED) is 0.756. The van der Waals surface area contributed by atoms with Gasteiger partial charge < -0.3 is 15.0 Å². The van der Waals surface area contributed by atoms with Gasteiger partial charge in [0.1, 0.15) is 0 Å². The molecule has 0 spiro atoms. The van der Waals surface area contributed by atoms with E-state index in [2.05, 4.69) is 32.3 Å². The van der Waals surface area contributed by atoms with Crippen LogP contribution in [0.25, 0.3) is 0 Å². The van der Waals surface area contributed by atoms with Gasteiger partial charge in [-0.25, -0.2) is 0 Å². The lowest BCUT2D eigenvalue weighted by Crippen LogP contribution is -2.18. The summed E-state index contributed by atoms with van der Waals surface area (Å²) in [5.74, 6) is 0. The third-order valence-corrected chi connectivity index (χ3v) is 1.96. The van der Waals surface area contributed by atoms with Crippen molar-refractivity contribution in [2.75, 3.05) is 20.3 Å². The fourth-order valence-corrected chi connectivity index (χ4v) is 1.30. The van der Waals surface area contributed by atoms with E-state index in [-0.39, 0.29) is 0 Å². The molecule has 3 nitrogen and oxygen atoms in total. The van der Waals surface area contributed by atoms with E-state index in [0.29, 0.717) is 0 Å². The normalized spacial score (nSPS) is 10.5. The average molecular weight is 233 g/mol. The van der Waals surface area contributed by atoms with Gasteiger partial charge in [0.05, 0.1) is 6.61 Å². The first-order chi connectivity index (χ1) is 5.83. The minimum Gasteiger partial charge on any atom is -0.383 e. The van der Waals surface area contributed by atoms with Gasteiger partial charge >= 0.3 is 0 Å². The molecule has 1 heterocycles. The number of H-pyrrole nitrogens is 1. The van der Waals surface area contributed by atoms with Crippen LogP contribution in [0.5, 0.6) is 0 Å². The fourth-order valence-electron chi connectivity index (χ4n) is 0.911. The number of methoxy groups -OCH3 is 1. The molecule has 0 aromatic carbocycles. The highest BCUT2D eigenvalue weighted by Crippen LogP contribution is 2.09. The van der Waals surface area contributed by atoms with Crippen LogP contribution in [-0.4, -0.2) is 25.2 Å². The Hall–Kier alpha value is -0.320. The molecule has 1 rings (SSSR count). The molecular formula is C8H13BrN2O. The van der Waals surface area contributed by atoms with Crippen molar-refractivity contribution in [3.63, 3.8) is 0 Å². The summed E-state index contributed by atoms with van der Waals surface area (Å²) in [7, 11) is 1.70. The molecule has 0 radical (unpaired) electrons. The Bertz CT molecular complexity index is 225. The first-order valence-corrected chi connectivity index (χ1v) is 4.64. The lowest BCUT2D eigenvalue weighted by molar-refractivity contribution is 0.199. The number of aromatic nitrogens is 1. The summed E-state index contributed by atoms with van der Waals surface area (Å²) in [6.45, 7) is 2.49. The zero-order chi connectivity index (χ0) is 8.81. The number of ether oxygens (including phenoxy) is 1. The van der Waals surface area contributed by atoms with Gasteiger partial charge in [0.15, 0.2) is 0 Å². The second-order valence-corrected chi connectivity index (χ2v) is 3.43. The Morgan fingerprint density at radius 1 is 1.67 bits per heavy atom. The highest BCUT2D eigenvalue weighted by atomic mass is 79.9. The highest BCUT2D eigenvalue weighted by molar-refractivity contribution is 9.10. The summed E-state index contributed by atoms with van der Waals surface area (Å²) in [5, 5.41) is 3.24. The smallest absolute Gasteiger partial charge is 0.0587 e. The van der Waals surface area contributed by atoms with E-state index in [4.69, 9.17) is 4.74 Å². The zero-order valence-electron chi connectivity index (χ0n) is 7.06. The molecule has 4 heteroatoms. The van der Waals surface area contributed by atoms with E-state index in [0.717, 1.165) is 24.2 Å². The molecule has 2 N–H and O–H groups in total. The van der Waals surface area contributed by atoms with Crippen LogP contribution in [0.3, 0.4) is 0 Å². The first-order valence-electron chi connectivity index (χ1n) is 3.85. The van der Waals surface area contributed by atoms with Crippen LogP contribution in [0.15, 0.2) is 16.7 Å². The highest BCUT2D eigenvalue weighted by Gasteiger charge is 1.94. The molecule has 1 aromatic heterocycles. The second-order valence-electron chi connectivity index (χ2n) is 2.51. The van der Waals surface area contributed by atoms with Crippen molar-refractivity contribution in [1.29, 1.82) is 0 Å². The van der Waals surface area contributed by atoms with Gasteiger partial charge in [0.25, 0.3) is 0 Å². The maximum absolute atomic E-state index is 4.90. The van der Waals surface area contributed by atoms with Crippen molar-refractivity contribution in [1.82, 2.24) is 10.3 Å². The molecule has 0 saturated carbocycles. The molecule has 68 valence electrons. The third kappa shape index (κ3) is 3.38. The Balaban J connectivity index is 2.15. The van der Waals surface area contributed by atoms with Crippen LogP contribution < -0.4 is 5.32 Å². The lowest BCUT2D eigenvalue weighted by atomic mass is 10.4. The minimum atomic E-state index is 0.752. The van der Waals surface area contributed by atoms with E-state index in [9.17, 15) is 0 Å². The van der Waals surface area contributed by atoms with Crippen LogP contribution in [0.2, 0.25) is 0 Å². The monoisotopic (exact) mass is 232 g/mol. The van der Waals surface area contributed by atoms with Crippen LogP contribution >= 0.6 is 15.9 Å². The topological polar surface area (TPSA) is 37.0 Å². The number of hydrogen-bond donors (Lipinski definition) is 2. The van der Waals surface area contributed by atoms with Crippen LogP contribution in [0, 0.1) is 0 Å². The van der Waals surface area contributed by atoms with E-state index < -0.39 is 0 Å². The fraction of sp³-hybridized carbons (Fsp3) is 0.500. The lowest BCUT2D eigenvalue weighted by Gasteiger charge is -2.00. The number of aromatic amines is 1. The predicted octanol–water partition coefficient (Wildman–Crippen LogP) is 1.51. The molecule has 12 heavy (non-hydrogen) atoms. The van der Waals surface area contributed by atoms with Gasteiger partial charge in [-0.2, -0.15) is 0 Å². The number of nitrogens with one attached hydrogen (secondary N) is 2. The molecule has 0 aliphatic heterocycles. The summed E-state index contributed by atoms with van der Waals surface area (Å²) < 4.78 is 5.99. The average Bonchev–Trinajstić information content (AvgIpc) is 2.45. The predicted molar refractivity (Wildman–Crippen MR) is 52.1 cm³/mol.